The second-order valence-electron chi connectivity index (χ2n) is 2.61. The van der Waals surface area contributed by atoms with Crippen LogP contribution in [0.2, 0.25) is 0 Å². The van der Waals surface area contributed by atoms with Crippen molar-refractivity contribution in [3.05, 3.63) is 10.6 Å². The van der Waals surface area contributed by atoms with Crippen LogP contribution in [0.15, 0.2) is 0 Å². The quantitative estimate of drug-likeness (QED) is 0.778. The van der Waals surface area contributed by atoms with E-state index in [1.54, 1.807) is 0 Å². The first-order valence-corrected chi connectivity index (χ1v) is 5.13. The third-order valence-electron chi connectivity index (χ3n) is 1.70. The summed E-state index contributed by atoms with van der Waals surface area (Å²) in [5.74, 6) is 0. The zero-order valence-electron chi connectivity index (χ0n) is 7.86. The van der Waals surface area contributed by atoms with E-state index in [4.69, 9.17) is 4.74 Å². The zero-order chi connectivity index (χ0) is 9.68. The smallest absolute Gasteiger partial charge is 0.115 e. The van der Waals surface area contributed by atoms with E-state index < -0.39 is 6.10 Å². The Morgan fingerprint density at radius 3 is 2.92 bits per heavy atom. The Kier molecular flexibility index (Phi) is 4.27. The maximum absolute atomic E-state index is 9.66. The number of aliphatic hydroxyl groups excluding tert-OH is 1. The van der Waals surface area contributed by atoms with Gasteiger partial charge < -0.3 is 9.84 Å². The summed E-state index contributed by atoms with van der Waals surface area (Å²) in [6, 6.07) is 0. The summed E-state index contributed by atoms with van der Waals surface area (Å²) in [5, 5.41) is 13.6. The second kappa shape index (κ2) is 5.26. The Morgan fingerprint density at radius 1 is 1.54 bits per heavy atom. The Hall–Kier alpha value is -0.520. The molecule has 1 atom stereocenters. The maximum Gasteiger partial charge on any atom is 0.115 e. The van der Waals surface area contributed by atoms with Crippen molar-refractivity contribution in [1.29, 1.82) is 0 Å². The van der Waals surface area contributed by atoms with Gasteiger partial charge in [-0.1, -0.05) is 11.4 Å². The molecule has 1 rings (SSSR count). The lowest BCUT2D eigenvalue weighted by atomic mass is 10.2. The third-order valence-corrected chi connectivity index (χ3v) is 2.57. The molecule has 0 amide bonds. The van der Waals surface area contributed by atoms with Crippen LogP contribution >= 0.6 is 11.5 Å². The van der Waals surface area contributed by atoms with Gasteiger partial charge in [0.25, 0.3) is 0 Å². The number of aliphatic hydroxyl groups is 1. The van der Waals surface area contributed by atoms with Crippen LogP contribution in [0, 0.1) is 0 Å². The minimum Gasteiger partial charge on any atom is -0.385 e. The van der Waals surface area contributed by atoms with Gasteiger partial charge in [-0.05, 0) is 24.9 Å². The Labute approximate surface area is 81.7 Å². The number of hydrogen-bond donors (Lipinski definition) is 1. The van der Waals surface area contributed by atoms with E-state index >= 15 is 0 Å². The molecule has 0 aliphatic rings. The fraction of sp³-hybridized carbons (Fsp3) is 0.750. The molecule has 13 heavy (non-hydrogen) atoms. The molecule has 1 N–H and O–H groups in total. The van der Waals surface area contributed by atoms with Gasteiger partial charge in [-0.2, -0.15) is 0 Å². The molecule has 1 aromatic heterocycles. The first kappa shape index (κ1) is 10.6. The lowest BCUT2D eigenvalue weighted by Crippen LogP contribution is -2.07. The predicted octanol–water partition coefficient (Wildman–Crippen LogP) is 1.17. The van der Waals surface area contributed by atoms with Gasteiger partial charge in [-0.15, -0.1) is 5.10 Å². The van der Waals surface area contributed by atoms with Crippen molar-refractivity contribution in [3.63, 3.8) is 0 Å². The van der Waals surface area contributed by atoms with E-state index in [2.05, 4.69) is 9.59 Å². The van der Waals surface area contributed by atoms with Crippen molar-refractivity contribution in [2.45, 2.75) is 26.4 Å². The monoisotopic (exact) mass is 202 g/mol. The molecule has 1 aromatic rings. The van der Waals surface area contributed by atoms with E-state index in [9.17, 15) is 5.11 Å². The standard InChI is InChI=1S/C8H14N2O2S/c1-3-6-8(13-10-9-6)7(11)5-12-4-2/h7,11H,3-5H2,1-2H3. The van der Waals surface area contributed by atoms with Crippen LogP contribution in [-0.2, 0) is 11.2 Å². The molecule has 0 saturated heterocycles. The van der Waals surface area contributed by atoms with Crippen LogP contribution in [0.1, 0.15) is 30.5 Å². The molecule has 4 nitrogen and oxygen atoms in total. The van der Waals surface area contributed by atoms with Gasteiger partial charge >= 0.3 is 0 Å². The van der Waals surface area contributed by atoms with Gasteiger partial charge in [0.05, 0.1) is 17.2 Å². The first-order chi connectivity index (χ1) is 6.29. The highest BCUT2D eigenvalue weighted by molar-refractivity contribution is 7.05. The summed E-state index contributed by atoms with van der Waals surface area (Å²) in [5.41, 5.74) is 0.872. The zero-order valence-corrected chi connectivity index (χ0v) is 8.67. The summed E-state index contributed by atoms with van der Waals surface area (Å²) in [7, 11) is 0. The van der Waals surface area contributed by atoms with Crippen LogP contribution in [0.3, 0.4) is 0 Å². The van der Waals surface area contributed by atoms with Crippen LogP contribution in [0.4, 0.5) is 0 Å². The maximum atomic E-state index is 9.66. The van der Waals surface area contributed by atoms with E-state index in [0.29, 0.717) is 13.2 Å². The van der Waals surface area contributed by atoms with E-state index in [0.717, 1.165) is 17.0 Å². The molecule has 1 unspecified atom stereocenters. The average molecular weight is 202 g/mol. The summed E-state index contributed by atoms with van der Waals surface area (Å²) in [4.78, 5) is 0.830. The fourth-order valence-electron chi connectivity index (χ4n) is 1.02. The van der Waals surface area contributed by atoms with Crippen molar-refractivity contribution < 1.29 is 9.84 Å². The molecule has 0 fully saturated rings. The number of nitrogens with zero attached hydrogens (tertiary/aromatic N) is 2. The van der Waals surface area contributed by atoms with Crippen molar-refractivity contribution in [2.24, 2.45) is 0 Å². The van der Waals surface area contributed by atoms with Crippen LogP contribution in [0.5, 0.6) is 0 Å². The number of aryl methyl sites for hydroxylation is 1. The molecular formula is C8H14N2O2S. The number of aromatic nitrogens is 2. The minimum atomic E-state index is -0.574. The summed E-state index contributed by atoms with van der Waals surface area (Å²) < 4.78 is 8.92. The number of hydrogen-bond acceptors (Lipinski definition) is 5. The summed E-state index contributed by atoms with van der Waals surface area (Å²) in [6.07, 6.45) is 0.226. The SMILES string of the molecule is CCOCC(O)c1snnc1CC. The molecule has 0 bridgehead atoms. The Morgan fingerprint density at radius 2 is 2.31 bits per heavy atom. The first-order valence-electron chi connectivity index (χ1n) is 4.36. The highest BCUT2D eigenvalue weighted by atomic mass is 32.1. The van der Waals surface area contributed by atoms with Gasteiger partial charge in [0.2, 0.25) is 0 Å². The largest absolute Gasteiger partial charge is 0.385 e. The second-order valence-corrected chi connectivity index (χ2v) is 3.40. The van der Waals surface area contributed by atoms with Gasteiger partial charge in [0.1, 0.15) is 6.10 Å². The molecule has 0 aliphatic carbocycles. The molecule has 0 aliphatic heterocycles. The third kappa shape index (κ3) is 2.72. The van der Waals surface area contributed by atoms with Gasteiger partial charge in [-0.25, -0.2) is 0 Å². The van der Waals surface area contributed by atoms with Crippen molar-refractivity contribution >= 4 is 11.5 Å². The van der Waals surface area contributed by atoms with E-state index in [1.165, 1.54) is 11.5 Å². The molecule has 0 aromatic carbocycles. The lowest BCUT2D eigenvalue weighted by Gasteiger charge is -2.08. The van der Waals surface area contributed by atoms with Gasteiger partial charge in [0, 0.05) is 6.61 Å². The van der Waals surface area contributed by atoms with Crippen LogP contribution in [0.25, 0.3) is 0 Å². The normalized spacial score (nSPS) is 13.2. The molecule has 0 saturated carbocycles. The molecule has 0 spiro atoms. The highest BCUT2D eigenvalue weighted by Crippen LogP contribution is 2.20. The molecule has 74 valence electrons. The highest BCUT2D eigenvalue weighted by Gasteiger charge is 2.15. The minimum absolute atomic E-state index is 0.327. The van der Waals surface area contributed by atoms with Crippen molar-refractivity contribution in [2.75, 3.05) is 13.2 Å². The number of rotatable bonds is 5. The Bertz CT molecular complexity index is 252. The molecular weight excluding hydrogens is 188 g/mol. The molecule has 5 heteroatoms. The van der Waals surface area contributed by atoms with Gasteiger partial charge in [-0.3, -0.25) is 0 Å². The topological polar surface area (TPSA) is 55.2 Å². The molecule has 0 radical (unpaired) electrons. The summed E-state index contributed by atoms with van der Waals surface area (Å²) >= 11 is 1.24. The van der Waals surface area contributed by atoms with Crippen molar-refractivity contribution in [1.82, 2.24) is 9.59 Å². The van der Waals surface area contributed by atoms with Crippen LogP contribution in [-0.4, -0.2) is 27.9 Å². The van der Waals surface area contributed by atoms with Crippen molar-refractivity contribution in [3.8, 4) is 0 Å². The fourth-order valence-corrected chi connectivity index (χ4v) is 1.73. The summed E-state index contributed by atoms with van der Waals surface area (Å²) in [6.45, 7) is 4.84. The van der Waals surface area contributed by atoms with E-state index in [-0.39, 0.29) is 0 Å². The predicted molar refractivity (Wildman–Crippen MR) is 50.7 cm³/mol. The van der Waals surface area contributed by atoms with Crippen LogP contribution < -0.4 is 0 Å². The Balaban J connectivity index is 2.59. The van der Waals surface area contributed by atoms with Gasteiger partial charge in [0.15, 0.2) is 0 Å². The number of ether oxygens (including phenoxy) is 1. The molecule has 1 heterocycles. The van der Waals surface area contributed by atoms with E-state index in [1.807, 2.05) is 13.8 Å². The lowest BCUT2D eigenvalue weighted by molar-refractivity contribution is 0.0434. The average Bonchev–Trinajstić information content (AvgIpc) is 2.61.